The van der Waals surface area contributed by atoms with Gasteiger partial charge in [-0.05, 0) is 52.5 Å². The van der Waals surface area contributed by atoms with Gasteiger partial charge in [-0.15, -0.1) is 13.2 Å². The summed E-state index contributed by atoms with van der Waals surface area (Å²) in [6, 6.07) is 5.92. The molecule has 3 rings (SSSR count). The fourth-order valence-electron chi connectivity index (χ4n) is 4.47. The zero-order valence-electron chi connectivity index (χ0n) is 22.6. The summed E-state index contributed by atoms with van der Waals surface area (Å²) in [6.45, 7) is 18.4. The lowest BCUT2D eigenvalue weighted by Crippen LogP contribution is -2.50. The minimum absolute atomic E-state index is 0.0589. The maximum Gasteiger partial charge on any atom is 0.414 e. The average molecular weight is 527 g/mol. The molecule has 202 valence electrons. The molecule has 1 fully saturated rings. The van der Waals surface area contributed by atoms with Crippen LogP contribution < -0.4 is 4.90 Å². The second-order valence-electron chi connectivity index (χ2n) is 9.36. The van der Waals surface area contributed by atoms with Crippen molar-refractivity contribution in [3.8, 4) is 0 Å². The van der Waals surface area contributed by atoms with Gasteiger partial charge < -0.3 is 4.74 Å². The largest absolute Gasteiger partial charge is 0.444 e. The number of carbonyl (C=O) groups is 1. The first-order chi connectivity index (χ1) is 17.7. The maximum atomic E-state index is 12.6. The standard InChI is InChI=1S/C21H28N2O4S.C9H14/c1-4-5-16(2)10-13-28(25,26)22-11-8-19(9-12-22)23-20-7-6-17(3)14-18(20)15-27-21(23)24;1-4-7-9(6-3)8-5-2/h4,6-7,14,19H,1-2,5,8-13,15H2,3H3;4-9H,3H2,1-2H3/b;7-4-,8-5-. The van der Waals surface area contributed by atoms with Crippen molar-refractivity contribution in [2.45, 2.75) is 59.1 Å². The minimum Gasteiger partial charge on any atom is -0.444 e. The smallest absolute Gasteiger partial charge is 0.414 e. The van der Waals surface area contributed by atoms with Crippen molar-refractivity contribution in [3.63, 3.8) is 0 Å². The second kappa shape index (κ2) is 14.7. The number of nitrogens with zero attached hydrogens (tertiary/aromatic N) is 2. The van der Waals surface area contributed by atoms with Crippen LogP contribution in [0.2, 0.25) is 0 Å². The van der Waals surface area contributed by atoms with Gasteiger partial charge in [0.05, 0.1) is 11.4 Å². The molecular weight excluding hydrogens is 484 g/mol. The van der Waals surface area contributed by atoms with E-state index in [-0.39, 0.29) is 24.5 Å². The number of fused-ring (bicyclic) bond motifs is 1. The summed E-state index contributed by atoms with van der Waals surface area (Å²) in [7, 11) is -3.33. The molecule has 1 amide bonds. The van der Waals surface area contributed by atoms with Crippen molar-refractivity contribution < 1.29 is 17.9 Å². The van der Waals surface area contributed by atoms with Gasteiger partial charge in [0.1, 0.15) is 6.61 Å². The highest BCUT2D eigenvalue weighted by atomic mass is 32.2. The summed E-state index contributed by atoms with van der Waals surface area (Å²) in [5.41, 5.74) is 3.87. The lowest BCUT2D eigenvalue weighted by molar-refractivity contribution is 0.135. The van der Waals surface area contributed by atoms with Crippen molar-refractivity contribution >= 4 is 21.8 Å². The molecule has 0 bridgehead atoms. The predicted molar refractivity (Wildman–Crippen MR) is 154 cm³/mol. The molecule has 2 heterocycles. The molecule has 0 radical (unpaired) electrons. The predicted octanol–water partition coefficient (Wildman–Crippen LogP) is 6.71. The molecule has 1 saturated heterocycles. The molecule has 2 aliphatic rings. The molecule has 0 spiro atoms. The Labute approximate surface area is 223 Å². The quantitative estimate of drug-likeness (QED) is 0.318. The second-order valence-corrected chi connectivity index (χ2v) is 11.4. The van der Waals surface area contributed by atoms with Crippen molar-refractivity contribution in [1.82, 2.24) is 4.31 Å². The van der Waals surface area contributed by atoms with E-state index in [1.165, 1.54) is 4.31 Å². The molecule has 0 unspecified atom stereocenters. The molecule has 1 aromatic carbocycles. The first-order valence-electron chi connectivity index (χ1n) is 12.9. The molecule has 1 aromatic rings. The monoisotopic (exact) mass is 526 g/mol. The number of hydrogen-bond acceptors (Lipinski definition) is 4. The highest BCUT2D eigenvalue weighted by Crippen LogP contribution is 2.33. The zero-order valence-corrected chi connectivity index (χ0v) is 23.4. The van der Waals surface area contributed by atoms with Gasteiger partial charge in [0, 0.05) is 30.6 Å². The van der Waals surface area contributed by atoms with E-state index in [9.17, 15) is 13.2 Å². The van der Waals surface area contributed by atoms with E-state index in [1.807, 2.05) is 57.2 Å². The Hall–Kier alpha value is -2.90. The Kier molecular flexibility index (Phi) is 12.1. The highest BCUT2D eigenvalue weighted by Gasteiger charge is 2.36. The summed E-state index contributed by atoms with van der Waals surface area (Å²) in [5.74, 6) is 0.484. The Morgan fingerprint density at radius 3 is 2.38 bits per heavy atom. The van der Waals surface area contributed by atoms with Crippen molar-refractivity contribution in [1.29, 1.82) is 0 Å². The van der Waals surface area contributed by atoms with Gasteiger partial charge >= 0.3 is 6.09 Å². The number of hydrogen-bond donors (Lipinski definition) is 0. The van der Waals surface area contributed by atoms with Crippen molar-refractivity contribution in [2.24, 2.45) is 5.92 Å². The third-order valence-electron chi connectivity index (χ3n) is 6.47. The highest BCUT2D eigenvalue weighted by molar-refractivity contribution is 7.89. The number of allylic oxidation sites excluding steroid dienone is 7. The van der Waals surface area contributed by atoms with E-state index >= 15 is 0 Å². The summed E-state index contributed by atoms with van der Waals surface area (Å²) < 4.78 is 32.1. The van der Waals surface area contributed by atoms with Gasteiger partial charge in [0.15, 0.2) is 0 Å². The van der Waals surface area contributed by atoms with Gasteiger partial charge in [-0.2, -0.15) is 0 Å². The van der Waals surface area contributed by atoms with E-state index < -0.39 is 10.0 Å². The van der Waals surface area contributed by atoms with Crippen LogP contribution >= 0.6 is 0 Å². The number of piperidine rings is 1. The Balaban J connectivity index is 0.000000458. The fourth-order valence-corrected chi connectivity index (χ4v) is 6.04. The van der Waals surface area contributed by atoms with E-state index in [4.69, 9.17) is 4.74 Å². The normalized spacial score (nSPS) is 16.9. The van der Waals surface area contributed by atoms with Crippen LogP contribution in [0.3, 0.4) is 0 Å². The van der Waals surface area contributed by atoms with Crippen LogP contribution in [-0.4, -0.2) is 43.7 Å². The summed E-state index contributed by atoms with van der Waals surface area (Å²) in [4.78, 5) is 14.1. The van der Waals surface area contributed by atoms with Crippen LogP contribution in [0.25, 0.3) is 0 Å². The Morgan fingerprint density at radius 1 is 1.16 bits per heavy atom. The van der Waals surface area contributed by atoms with Gasteiger partial charge in [-0.25, -0.2) is 17.5 Å². The fraction of sp³-hybridized carbons (Fsp3) is 0.433. The number of amides is 1. The zero-order chi connectivity index (χ0) is 27.4. The van der Waals surface area contributed by atoms with Gasteiger partial charge in [0.25, 0.3) is 0 Å². The molecule has 37 heavy (non-hydrogen) atoms. The van der Waals surface area contributed by atoms with E-state index in [0.717, 1.165) is 22.4 Å². The number of carbonyl (C=O) groups excluding carboxylic acids is 1. The first kappa shape index (κ1) is 30.3. The molecule has 0 atom stereocenters. The minimum atomic E-state index is -3.33. The Bertz CT molecular complexity index is 1100. The van der Waals surface area contributed by atoms with Gasteiger partial charge in [0.2, 0.25) is 10.0 Å². The third kappa shape index (κ3) is 8.86. The molecule has 0 aliphatic carbocycles. The topological polar surface area (TPSA) is 66.9 Å². The van der Waals surface area contributed by atoms with Crippen LogP contribution in [-0.2, 0) is 21.4 Å². The lowest BCUT2D eigenvalue weighted by Gasteiger charge is -2.39. The van der Waals surface area contributed by atoms with E-state index in [2.05, 4.69) is 31.9 Å². The van der Waals surface area contributed by atoms with Crippen LogP contribution in [0.1, 0.15) is 50.7 Å². The number of rotatable bonds is 10. The van der Waals surface area contributed by atoms with Crippen LogP contribution in [0.4, 0.5) is 10.5 Å². The van der Waals surface area contributed by atoms with Gasteiger partial charge in [-0.1, -0.05) is 66.3 Å². The number of ether oxygens (including phenoxy) is 1. The number of benzene rings is 1. The first-order valence-corrected chi connectivity index (χ1v) is 14.5. The third-order valence-corrected chi connectivity index (χ3v) is 8.34. The van der Waals surface area contributed by atoms with E-state index in [1.54, 1.807) is 11.0 Å². The van der Waals surface area contributed by atoms with Gasteiger partial charge in [-0.3, -0.25) is 4.90 Å². The molecule has 6 nitrogen and oxygen atoms in total. The summed E-state index contributed by atoms with van der Waals surface area (Å²) >= 11 is 0. The average Bonchev–Trinajstić information content (AvgIpc) is 2.88. The van der Waals surface area contributed by atoms with Crippen LogP contribution in [0, 0.1) is 12.8 Å². The lowest BCUT2D eigenvalue weighted by atomic mass is 10.0. The Morgan fingerprint density at radius 2 is 1.81 bits per heavy atom. The number of cyclic esters (lactones) is 1. The SMILES string of the molecule is C=CC(/C=C\C)/C=C\C.C=CCC(=C)CCS(=O)(=O)N1CCC(N2C(=O)OCc3cc(C)ccc32)CC1. The number of aryl methyl sites for hydroxylation is 1. The molecule has 2 aliphatic heterocycles. The number of anilines is 1. The summed E-state index contributed by atoms with van der Waals surface area (Å²) in [5, 5.41) is 0. The van der Waals surface area contributed by atoms with E-state index in [0.29, 0.717) is 44.7 Å². The molecule has 0 aromatic heterocycles. The van der Waals surface area contributed by atoms with Crippen LogP contribution in [0.15, 0.2) is 80.0 Å². The van der Waals surface area contributed by atoms with Crippen molar-refractivity contribution in [3.05, 3.63) is 91.1 Å². The molecular formula is C30H42N2O4S. The van der Waals surface area contributed by atoms with Crippen LogP contribution in [0.5, 0.6) is 0 Å². The maximum absolute atomic E-state index is 12.6. The number of sulfonamides is 1. The van der Waals surface area contributed by atoms with Crippen molar-refractivity contribution in [2.75, 3.05) is 23.7 Å². The molecule has 0 N–H and O–H groups in total. The summed E-state index contributed by atoms with van der Waals surface area (Å²) in [6.07, 6.45) is 13.8. The molecule has 0 saturated carbocycles. The molecule has 7 heteroatoms.